The minimum atomic E-state index is -0.866. The van der Waals surface area contributed by atoms with Gasteiger partial charge in [-0.3, -0.25) is 9.48 Å². The van der Waals surface area contributed by atoms with Crippen LogP contribution in [0.4, 0.5) is 0 Å². The van der Waals surface area contributed by atoms with E-state index in [0.717, 1.165) is 32.2 Å². The number of nitrogens with zero attached hydrogens (tertiary/aromatic N) is 3. The molecule has 0 aliphatic heterocycles. The number of aliphatic carboxylic acids is 1. The molecule has 0 amide bonds. The first kappa shape index (κ1) is 15.4. The van der Waals surface area contributed by atoms with Gasteiger partial charge in [0, 0.05) is 18.3 Å². The minimum absolute atomic E-state index is 0.0619. The summed E-state index contributed by atoms with van der Waals surface area (Å²) in [6.07, 6.45) is 1.84. The van der Waals surface area contributed by atoms with Crippen molar-refractivity contribution in [1.82, 2.24) is 14.8 Å². The SMILES string of the molecule is Cc1nn(C)c(C)c1/C=C(\CC(=O)O)c1nc2ccccc2s1. The van der Waals surface area contributed by atoms with Gasteiger partial charge in [0.25, 0.3) is 0 Å². The van der Waals surface area contributed by atoms with Crippen LogP contribution in [0.3, 0.4) is 0 Å². The standard InChI is InChI=1S/C17H17N3O2S/c1-10-13(11(2)20(3)19-10)8-12(9-16(21)22)17-18-14-6-4-5-7-15(14)23-17/h4-8H,9H2,1-3H3,(H,21,22)/b12-8+. The number of hydrogen-bond donors (Lipinski definition) is 1. The average molecular weight is 327 g/mol. The zero-order valence-electron chi connectivity index (χ0n) is 13.2. The van der Waals surface area contributed by atoms with Crippen molar-refractivity contribution < 1.29 is 9.90 Å². The topological polar surface area (TPSA) is 68.0 Å². The van der Waals surface area contributed by atoms with Crippen LogP contribution in [0.15, 0.2) is 24.3 Å². The number of carboxylic acids is 1. The van der Waals surface area contributed by atoms with Crippen molar-refractivity contribution in [2.24, 2.45) is 7.05 Å². The highest BCUT2D eigenvalue weighted by molar-refractivity contribution is 7.19. The van der Waals surface area contributed by atoms with Gasteiger partial charge < -0.3 is 5.11 Å². The molecule has 3 aromatic rings. The summed E-state index contributed by atoms with van der Waals surface area (Å²) in [5.41, 5.74) is 4.45. The molecule has 1 aromatic carbocycles. The summed E-state index contributed by atoms with van der Waals surface area (Å²) in [5, 5.41) is 14.4. The maximum atomic E-state index is 11.3. The molecule has 0 aliphatic carbocycles. The van der Waals surface area contributed by atoms with Crippen molar-refractivity contribution in [3.8, 4) is 0 Å². The molecule has 0 radical (unpaired) electrons. The molecule has 118 valence electrons. The van der Waals surface area contributed by atoms with E-state index in [-0.39, 0.29) is 6.42 Å². The highest BCUT2D eigenvalue weighted by atomic mass is 32.1. The lowest BCUT2D eigenvalue weighted by molar-refractivity contribution is -0.135. The summed E-state index contributed by atoms with van der Waals surface area (Å²) < 4.78 is 2.86. The third kappa shape index (κ3) is 3.03. The average Bonchev–Trinajstić information content (AvgIpc) is 3.02. The number of benzene rings is 1. The molecule has 0 saturated heterocycles. The van der Waals surface area contributed by atoms with E-state index in [2.05, 4.69) is 10.1 Å². The van der Waals surface area contributed by atoms with Gasteiger partial charge in [-0.15, -0.1) is 11.3 Å². The van der Waals surface area contributed by atoms with Gasteiger partial charge in [-0.25, -0.2) is 4.98 Å². The van der Waals surface area contributed by atoms with Gasteiger partial charge in [0.15, 0.2) is 0 Å². The van der Waals surface area contributed by atoms with Gasteiger partial charge in [-0.2, -0.15) is 5.10 Å². The molecule has 3 rings (SSSR count). The van der Waals surface area contributed by atoms with Crippen LogP contribution in [0.2, 0.25) is 0 Å². The first-order valence-corrected chi connectivity index (χ1v) is 8.06. The smallest absolute Gasteiger partial charge is 0.307 e. The molecule has 2 heterocycles. The lowest BCUT2D eigenvalue weighted by atomic mass is 10.1. The second-order valence-electron chi connectivity index (χ2n) is 5.43. The number of rotatable bonds is 4. The number of carbonyl (C=O) groups is 1. The molecule has 0 unspecified atom stereocenters. The largest absolute Gasteiger partial charge is 0.481 e. The summed E-state index contributed by atoms with van der Waals surface area (Å²) in [6.45, 7) is 3.90. The second-order valence-corrected chi connectivity index (χ2v) is 6.47. The second kappa shape index (κ2) is 5.96. The number of para-hydroxylation sites is 1. The highest BCUT2D eigenvalue weighted by Gasteiger charge is 2.15. The van der Waals surface area contributed by atoms with Gasteiger partial charge in [0.1, 0.15) is 5.01 Å². The molecule has 0 aliphatic rings. The lowest BCUT2D eigenvalue weighted by Gasteiger charge is -2.02. The van der Waals surface area contributed by atoms with Crippen LogP contribution in [0.1, 0.15) is 28.4 Å². The van der Waals surface area contributed by atoms with Gasteiger partial charge in [0.05, 0.1) is 22.3 Å². The molecule has 0 spiro atoms. The fraction of sp³-hybridized carbons (Fsp3) is 0.235. The van der Waals surface area contributed by atoms with Gasteiger partial charge in [-0.1, -0.05) is 12.1 Å². The Bertz CT molecular complexity index is 888. The van der Waals surface area contributed by atoms with Gasteiger partial charge in [-0.05, 0) is 37.6 Å². The highest BCUT2D eigenvalue weighted by Crippen LogP contribution is 2.31. The van der Waals surface area contributed by atoms with Gasteiger partial charge >= 0.3 is 5.97 Å². The van der Waals surface area contributed by atoms with Crippen LogP contribution in [-0.4, -0.2) is 25.8 Å². The Morgan fingerprint density at radius 1 is 1.35 bits per heavy atom. The zero-order chi connectivity index (χ0) is 16.6. The fourth-order valence-electron chi connectivity index (χ4n) is 2.53. The van der Waals surface area contributed by atoms with Crippen molar-refractivity contribution in [3.63, 3.8) is 0 Å². The summed E-state index contributed by atoms with van der Waals surface area (Å²) >= 11 is 1.52. The minimum Gasteiger partial charge on any atom is -0.481 e. The number of hydrogen-bond acceptors (Lipinski definition) is 4. The third-order valence-corrected chi connectivity index (χ3v) is 4.91. The van der Waals surface area contributed by atoms with E-state index >= 15 is 0 Å². The van der Waals surface area contributed by atoms with Crippen molar-refractivity contribution in [2.45, 2.75) is 20.3 Å². The summed E-state index contributed by atoms with van der Waals surface area (Å²) in [7, 11) is 1.88. The normalized spacial score (nSPS) is 12.0. The first-order chi connectivity index (χ1) is 11.0. The Morgan fingerprint density at radius 3 is 2.70 bits per heavy atom. The van der Waals surface area contributed by atoms with E-state index in [1.807, 2.05) is 51.2 Å². The zero-order valence-corrected chi connectivity index (χ0v) is 14.0. The molecule has 5 nitrogen and oxygen atoms in total. The monoisotopic (exact) mass is 327 g/mol. The molecular formula is C17H17N3O2S. The van der Waals surface area contributed by atoms with Crippen LogP contribution in [0, 0.1) is 13.8 Å². The van der Waals surface area contributed by atoms with Crippen molar-refractivity contribution in [2.75, 3.05) is 0 Å². The van der Waals surface area contributed by atoms with E-state index < -0.39 is 5.97 Å². The van der Waals surface area contributed by atoms with Crippen LogP contribution >= 0.6 is 11.3 Å². The number of aryl methyl sites for hydroxylation is 2. The molecule has 1 N–H and O–H groups in total. The fourth-order valence-corrected chi connectivity index (χ4v) is 3.51. The number of aromatic nitrogens is 3. The molecular weight excluding hydrogens is 310 g/mol. The third-order valence-electron chi connectivity index (χ3n) is 3.79. The Labute approximate surface area is 137 Å². The predicted octanol–water partition coefficient (Wildman–Crippen LogP) is 3.66. The van der Waals surface area contributed by atoms with Crippen LogP contribution in [-0.2, 0) is 11.8 Å². The summed E-state index contributed by atoms with van der Waals surface area (Å²) in [4.78, 5) is 15.9. The van der Waals surface area contributed by atoms with Crippen molar-refractivity contribution >= 4 is 39.2 Å². The maximum absolute atomic E-state index is 11.3. The molecule has 23 heavy (non-hydrogen) atoms. The molecule has 0 atom stereocenters. The van der Waals surface area contributed by atoms with E-state index in [4.69, 9.17) is 0 Å². The molecule has 0 saturated carbocycles. The lowest BCUT2D eigenvalue weighted by Crippen LogP contribution is -1.97. The summed E-state index contributed by atoms with van der Waals surface area (Å²) in [5.74, 6) is -0.866. The molecule has 0 bridgehead atoms. The Morgan fingerprint density at radius 2 is 2.09 bits per heavy atom. The number of thiazole rings is 1. The van der Waals surface area contributed by atoms with Crippen LogP contribution in [0.5, 0.6) is 0 Å². The van der Waals surface area contributed by atoms with E-state index in [1.165, 1.54) is 11.3 Å². The molecule has 2 aromatic heterocycles. The van der Waals surface area contributed by atoms with Crippen molar-refractivity contribution in [3.05, 3.63) is 46.2 Å². The van der Waals surface area contributed by atoms with E-state index in [0.29, 0.717) is 5.57 Å². The first-order valence-electron chi connectivity index (χ1n) is 7.24. The predicted molar refractivity (Wildman–Crippen MR) is 92.4 cm³/mol. The Balaban J connectivity index is 2.13. The molecule has 0 fully saturated rings. The maximum Gasteiger partial charge on any atom is 0.307 e. The van der Waals surface area contributed by atoms with E-state index in [1.54, 1.807) is 4.68 Å². The quantitative estimate of drug-likeness (QED) is 0.794. The number of fused-ring (bicyclic) bond motifs is 1. The number of carboxylic acid groups (broad SMARTS) is 1. The Hall–Kier alpha value is -2.47. The summed E-state index contributed by atoms with van der Waals surface area (Å²) in [6, 6.07) is 7.83. The Kier molecular flexibility index (Phi) is 4.00. The van der Waals surface area contributed by atoms with E-state index in [9.17, 15) is 9.90 Å². The molecule has 6 heteroatoms. The van der Waals surface area contributed by atoms with Gasteiger partial charge in [0.2, 0.25) is 0 Å². The van der Waals surface area contributed by atoms with Crippen LogP contribution < -0.4 is 0 Å². The van der Waals surface area contributed by atoms with Crippen molar-refractivity contribution in [1.29, 1.82) is 0 Å². The van der Waals surface area contributed by atoms with Crippen LogP contribution in [0.25, 0.3) is 21.9 Å².